The van der Waals surface area contributed by atoms with Crippen LogP contribution in [-0.4, -0.2) is 141 Å². The number of aromatic nitrogens is 2. The van der Waals surface area contributed by atoms with Crippen LogP contribution in [0.5, 0.6) is 0 Å². The molecule has 1 aromatic heterocycles. The number of nitrogens with two attached hydrogens (primary N) is 4. The number of primary amides is 1. The molecule has 1 heterocycles. The van der Waals surface area contributed by atoms with Crippen LogP contribution >= 0.6 is 0 Å². The number of carboxylic acids is 1. The third kappa shape index (κ3) is 23.8. The Kier molecular flexibility index (Phi) is 28.0. The van der Waals surface area contributed by atoms with Gasteiger partial charge in [-0.05, 0) is 67.9 Å². The van der Waals surface area contributed by atoms with Crippen molar-refractivity contribution in [2.75, 3.05) is 6.54 Å². The Hall–Kier alpha value is -8.42. The fourth-order valence-corrected chi connectivity index (χ4v) is 8.36. The summed E-state index contributed by atoms with van der Waals surface area (Å²) in [6.45, 7) is 11.7. The number of hydrogen-bond acceptors (Lipinski definition) is 13. The molecule has 18 N–H and O–H groups in total. The highest BCUT2D eigenvalue weighted by Gasteiger charge is 2.36. The Labute approximate surface area is 472 Å². The second kappa shape index (κ2) is 33.9. The SMILES string of the molecule is CC[C@H](C)[C@H](NC(=O)[C@H](Cc1cnc[nH]1)NC(=O)[C@H](Cc1ccccc1)NC(=O)[C@H](C)NC(=O)[C@H](CCC(N)=O)NC(=O)[C@H](CC(C)C)NC(=O)[C@@H](N)Cc1ccccc1)C(=O)N[C@@H](CCCN=C(N)N)C(=O)N[C@H](C(=O)O)C(C)C. The van der Waals surface area contributed by atoms with Gasteiger partial charge < -0.3 is 75.6 Å². The monoisotopic (exact) mass is 1130 g/mol. The lowest BCUT2D eigenvalue weighted by Gasteiger charge is -2.29. The van der Waals surface area contributed by atoms with Crippen molar-refractivity contribution in [1.82, 2.24) is 52.5 Å². The molecule has 0 unspecified atom stereocenters. The van der Waals surface area contributed by atoms with E-state index in [1.54, 1.807) is 70.2 Å². The number of aromatic amines is 1. The minimum atomic E-state index is -1.43. The molecule has 0 aliphatic heterocycles. The highest BCUT2D eigenvalue weighted by Crippen LogP contribution is 2.14. The van der Waals surface area contributed by atoms with E-state index in [4.69, 9.17) is 22.9 Å². The molecule has 0 bridgehead atoms. The van der Waals surface area contributed by atoms with Crippen molar-refractivity contribution < 1.29 is 53.1 Å². The average molecular weight is 1130 g/mol. The molecule has 0 fully saturated rings. The Morgan fingerprint density at radius 2 is 1.07 bits per heavy atom. The minimum Gasteiger partial charge on any atom is -0.480 e. The summed E-state index contributed by atoms with van der Waals surface area (Å²) in [6.07, 6.45) is 2.73. The topological polar surface area (TPSA) is 432 Å². The maximum absolute atomic E-state index is 14.5. The molecular weight excluding hydrogens is 1050 g/mol. The molecule has 81 heavy (non-hydrogen) atoms. The van der Waals surface area contributed by atoms with E-state index < -0.39 is 125 Å². The molecule has 2 aromatic carbocycles. The van der Waals surface area contributed by atoms with Crippen molar-refractivity contribution in [2.24, 2.45) is 45.7 Å². The predicted molar refractivity (Wildman–Crippen MR) is 301 cm³/mol. The molecule has 26 heteroatoms. The van der Waals surface area contributed by atoms with Crippen molar-refractivity contribution in [3.8, 4) is 0 Å². The first kappa shape index (κ1) is 66.9. The first-order valence-electron chi connectivity index (χ1n) is 27.1. The first-order chi connectivity index (χ1) is 38.3. The maximum Gasteiger partial charge on any atom is 0.326 e. The Morgan fingerprint density at radius 1 is 0.580 bits per heavy atom. The van der Waals surface area contributed by atoms with E-state index >= 15 is 0 Å². The maximum atomic E-state index is 14.5. The molecule has 444 valence electrons. The standard InChI is InChI=1S/C55H83N15O11/c1-8-32(6)45(53(79)65-38(20-15-23-61-55(58)59)49(75)69-44(31(4)5)54(80)81)70-52(78)42(27-36-28-60-29-62-36)68-51(77)41(26-35-18-13-10-14-19-35)66-46(72)33(7)63-48(74)39(21-22-43(57)71)64-50(76)40(24-30(2)3)67-47(73)37(56)25-34-16-11-9-12-17-34/h9-14,16-19,28-33,37-42,44-45H,8,15,20-27,56H2,1-7H3,(H2,57,71)(H,60,62)(H,63,74)(H,64,76)(H,65,79)(H,66,72)(H,67,73)(H,68,77)(H,69,75)(H,70,78)(H,80,81)(H4,58,59,61)/t32-,33-,37-,38-,39-,40-,41-,42-,44-,45-/m0/s1. The molecule has 3 aromatic rings. The molecule has 3 rings (SSSR count). The van der Waals surface area contributed by atoms with Gasteiger partial charge in [-0.2, -0.15) is 0 Å². The van der Waals surface area contributed by atoms with Gasteiger partial charge in [0, 0.05) is 37.7 Å². The van der Waals surface area contributed by atoms with Crippen LogP contribution in [0.2, 0.25) is 0 Å². The number of carboxylic acid groups (broad SMARTS) is 1. The van der Waals surface area contributed by atoms with Gasteiger partial charge in [0.2, 0.25) is 53.2 Å². The van der Waals surface area contributed by atoms with E-state index in [2.05, 4.69) is 57.5 Å². The zero-order valence-corrected chi connectivity index (χ0v) is 47.2. The van der Waals surface area contributed by atoms with Crippen LogP contribution in [0.4, 0.5) is 0 Å². The number of hydrogen-bond donors (Lipinski definition) is 14. The largest absolute Gasteiger partial charge is 0.480 e. The van der Waals surface area contributed by atoms with Crippen LogP contribution in [0.25, 0.3) is 0 Å². The van der Waals surface area contributed by atoms with Crippen LogP contribution in [0.3, 0.4) is 0 Å². The van der Waals surface area contributed by atoms with Gasteiger partial charge in [0.15, 0.2) is 5.96 Å². The Morgan fingerprint density at radius 3 is 1.62 bits per heavy atom. The number of amides is 9. The normalized spacial score (nSPS) is 14.8. The fraction of sp³-hybridized carbons (Fsp3) is 0.527. The molecular formula is C55H83N15O11. The van der Waals surface area contributed by atoms with E-state index in [-0.39, 0.29) is 69.8 Å². The lowest BCUT2D eigenvalue weighted by molar-refractivity contribution is -0.143. The van der Waals surface area contributed by atoms with E-state index in [1.165, 1.54) is 19.4 Å². The van der Waals surface area contributed by atoms with Gasteiger partial charge in [-0.1, -0.05) is 109 Å². The van der Waals surface area contributed by atoms with Crippen molar-refractivity contribution in [3.63, 3.8) is 0 Å². The van der Waals surface area contributed by atoms with Gasteiger partial charge in [-0.3, -0.25) is 48.1 Å². The molecule has 9 amide bonds. The van der Waals surface area contributed by atoms with Gasteiger partial charge in [-0.15, -0.1) is 0 Å². The number of H-pyrrole nitrogens is 1. The zero-order chi connectivity index (χ0) is 60.3. The van der Waals surface area contributed by atoms with E-state index in [9.17, 15) is 53.1 Å². The molecule has 0 aliphatic carbocycles. The molecule has 26 nitrogen and oxygen atoms in total. The first-order valence-corrected chi connectivity index (χ1v) is 27.1. The second-order valence-corrected chi connectivity index (χ2v) is 20.8. The average Bonchev–Trinajstić information content (AvgIpc) is 3.95. The molecule has 0 spiro atoms. The van der Waals surface area contributed by atoms with Gasteiger partial charge in [0.1, 0.15) is 48.3 Å². The Bertz CT molecular complexity index is 2580. The summed E-state index contributed by atoms with van der Waals surface area (Å²) in [5.41, 5.74) is 24.4. The summed E-state index contributed by atoms with van der Waals surface area (Å²) in [5.74, 6) is -9.82. The lowest BCUT2D eigenvalue weighted by atomic mass is 9.96. The highest BCUT2D eigenvalue weighted by atomic mass is 16.4. The van der Waals surface area contributed by atoms with Crippen molar-refractivity contribution >= 4 is 65.1 Å². The predicted octanol–water partition coefficient (Wildman–Crippen LogP) is -1.18. The van der Waals surface area contributed by atoms with Crippen molar-refractivity contribution in [2.45, 2.75) is 161 Å². The van der Waals surface area contributed by atoms with Crippen LogP contribution in [0.15, 0.2) is 78.2 Å². The lowest BCUT2D eigenvalue weighted by Crippen LogP contribution is -2.61. The molecule has 0 radical (unpaired) electrons. The van der Waals surface area contributed by atoms with Crippen LogP contribution in [-0.2, 0) is 67.2 Å². The smallest absolute Gasteiger partial charge is 0.326 e. The summed E-state index contributed by atoms with van der Waals surface area (Å²) in [7, 11) is 0. The quantitative estimate of drug-likeness (QED) is 0.0187. The molecule has 0 saturated heterocycles. The number of aliphatic imine (C=N–C) groups is 1. The number of carbonyl (C=O) groups excluding carboxylic acids is 9. The summed E-state index contributed by atoms with van der Waals surface area (Å²) in [5, 5.41) is 30.9. The zero-order valence-electron chi connectivity index (χ0n) is 47.2. The number of imidazole rings is 1. The number of rotatable bonds is 35. The van der Waals surface area contributed by atoms with Gasteiger partial charge in [0.05, 0.1) is 12.4 Å². The van der Waals surface area contributed by atoms with Crippen LogP contribution in [0.1, 0.15) is 104 Å². The van der Waals surface area contributed by atoms with E-state index in [1.807, 2.05) is 32.0 Å². The number of aliphatic carboxylic acids is 1. The summed E-state index contributed by atoms with van der Waals surface area (Å²) in [6, 6.07) is 5.97. The van der Waals surface area contributed by atoms with Gasteiger partial charge in [0.25, 0.3) is 0 Å². The molecule has 0 aliphatic rings. The number of carbonyl (C=O) groups is 10. The number of nitrogens with zero attached hydrogens (tertiary/aromatic N) is 2. The van der Waals surface area contributed by atoms with E-state index in [0.29, 0.717) is 17.7 Å². The minimum absolute atomic E-state index is 0.0202. The fourth-order valence-electron chi connectivity index (χ4n) is 8.36. The van der Waals surface area contributed by atoms with E-state index in [0.717, 1.165) is 5.56 Å². The molecule has 0 saturated carbocycles. The summed E-state index contributed by atoms with van der Waals surface area (Å²) < 4.78 is 0. The number of guanidine groups is 1. The van der Waals surface area contributed by atoms with Crippen molar-refractivity contribution in [3.05, 3.63) is 90.0 Å². The van der Waals surface area contributed by atoms with Gasteiger partial charge in [-0.25, -0.2) is 9.78 Å². The van der Waals surface area contributed by atoms with Gasteiger partial charge >= 0.3 is 5.97 Å². The second-order valence-electron chi connectivity index (χ2n) is 20.8. The summed E-state index contributed by atoms with van der Waals surface area (Å²) >= 11 is 0. The number of benzene rings is 2. The van der Waals surface area contributed by atoms with Crippen LogP contribution in [0, 0.1) is 17.8 Å². The van der Waals surface area contributed by atoms with Crippen molar-refractivity contribution in [1.29, 1.82) is 0 Å². The highest BCUT2D eigenvalue weighted by molar-refractivity contribution is 5.98. The Balaban J connectivity index is 1.89. The summed E-state index contributed by atoms with van der Waals surface area (Å²) in [4.78, 5) is 147. The third-order valence-electron chi connectivity index (χ3n) is 13.2. The van der Waals surface area contributed by atoms with Crippen LogP contribution < -0.4 is 65.5 Å². The third-order valence-corrected chi connectivity index (χ3v) is 13.2. The molecule has 10 atom stereocenters. The number of nitrogens with one attached hydrogen (secondary N) is 9.